The van der Waals surface area contributed by atoms with E-state index in [1.54, 1.807) is 6.92 Å². The van der Waals surface area contributed by atoms with Crippen LogP contribution in [-0.2, 0) is 0 Å². The number of alkyl halides is 1. The molecule has 18 heavy (non-hydrogen) atoms. The minimum atomic E-state index is -1.23. The van der Waals surface area contributed by atoms with Gasteiger partial charge in [-0.05, 0) is 19.9 Å². The van der Waals surface area contributed by atoms with E-state index >= 15 is 0 Å². The fourth-order valence-electron chi connectivity index (χ4n) is 2.62. The SMILES string of the molecule is CC1(F)CC(C)(Nc2nc(Cl)ccc2[N+](=O)[O-])C1. The van der Waals surface area contributed by atoms with Crippen LogP contribution in [0.15, 0.2) is 12.1 Å². The van der Waals surface area contributed by atoms with Gasteiger partial charge in [-0.25, -0.2) is 9.37 Å². The molecule has 98 valence electrons. The molecular weight excluding hydrogens is 261 g/mol. The molecule has 0 aliphatic heterocycles. The van der Waals surface area contributed by atoms with Crippen molar-refractivity contribution in [1.29, 1.82) is 0 Å². The first kappa shape index (κ1) is 13.0. The molecular formula is C11H13ClFN3O2. The average molecular weight is 274 g/mol. The number of nitrogens with one attached hydrogen (secondary N) is 1. The highest BCUT2D eigenvalue weighted by molar-refractivity contribution is 6.29. The van der Waals surface area contributed by atoms with Gasteiger partial charge < -0.3 is 5.32 Å². The number of hydrogen-bond acceptors (Lipinski definition) is 4. The highest BCUT2D eigenvalue weighted by Crippen LogP contribution is 2.46. The zero-order chi connectivity index (χ0) is 13.6. The van der Waals surface area contributed by atoms with Gasteiger partial charge in [0.15, 0.2) is 0 Å². The second kappa shape index (κ2) is 4.05. The van der Waals surface area contributed by atoms with Crippen molar-refractivity contribution in [3.63, 3.8) is 0 Å². The summed E-state index contributed by atoms with van der Waals surface area (Å²) in [7, 11) is 0. The molecule has 1 fully saturated rings. The van der Waals surface area contributed by atoms with Crippen LogP contribution in [0.2, 0.25) is 5.15 Å². The topological polar surface area (TPSA) is 68.1 Å². The maximum Gasteiger partial charge on any atom is 0.311 e. The molecule has 1 N–H and O–H groups in total. The van der Waals surface area contributed by atoms with E-state index in [4.69, 9.17) is 11.6 Å². The smallest absolute Gasteiger partial charge is 0.311 e. The predicted molar refractivity (Wildman–Crippen MR) is 66.7 cm³/mol. The first-order valence-corrected chi connectivity index (χ1v) is 5.87. The fourth-order valence-corrected chi connectivity index (χ4v) is 2.76. The standard InChI is InChI=1S/C11H13ClFN3O2/c1-10(13)5-11(2,6-10)15-9-7(16(17)18)3-4-8(12)14-9/h3-4H,5-6H2,1-2H3,(H,14,15). The molecule has 1 saturated carbocycles. The summed E-state index contributed by atoms with van der Waals surface area (Å²) in [6, 6.07) is 2.64. The highest BCUT2D eigenvalue weighted by Gasteiger charge is 2.50. The van der Waals surface area contributed by atoms with Crippen LogP contribution < -0.4 is 5.32 Å². The molecule has 0 spiro atoms. The van der Waals surface area contributed by atoms with Crippen LogP contribution in [0.25, 0.3) is 0 Å². The number of aromatic nitrogens is 1. The lowest BCUT2D eigenvalue weighted by atomic mass is 9.68. The molecule has 1 heterocycles. The van der Waals surface area contributed by atoms with Crippen molar-refractivity contribution in [3.8, 4) is 0 Å². The summed E-state index contributed by atoms with van der Waals surface area (Å²) in [5, 5.41) is 13.9. The van der Waals surface area contributed by atoms with Crippen molar-refractivity contribution in [2.24, 2.45) is 0 Å². The number of pyridine rings is 1. The first-order chi connectivity index (χ1) is 8.21. The summed E-state index contributed by atoms with van der Waals surface area (Å²) in [4.78, 5) is 14.2. The molecule has 0 aromatic carbocycles. The van der Waals surface area contributed by atoms with Crippen molar-refractivity contribution in [1.82, 2.24) is 4.98 Å². The zero-order valence-electron chi connectivity index (χ0n) is 10.0. The van der Waals surface area contributed by atoms with E-state index in [1.165, 1.54) is 19.1 Å². The van der Waals surface area contributed by atoms with Crippen molar-refractivity contribution < 1.29 is 9.31 Å². The Morgan fingerprint density at radius 2 is 2.11 bits per heavy atom. The Balaban J connectivity index is 2.24. The largest absolute Gasteiger partial charge is 0.359 e. The van der Waals surface area contributed by atoms with Gasteiger partial charge in [0.1, 0.15) is 10.8 Å². The molecule has 0 atom stereocenters. The second-order valence-corrected chi connectivity index (χ2v) is 5.60. The maximum atomic E-state index is 13.5. The third-order valence-electron chi connectivity index (χ3n) is 2.97. The third-order valence-corrected chi connectivity index (χ3v) is 3.18. The number of rotatable bonds is 3. The van der Waals surface area contributed by atoms with Gasteiger partial charge in [-0.15, -0.1) is 0 Å². The molecule has 7 heteroatoms. The van der Waals surface area contributed by atoms with Gasteiger partial charge in [0.05, 0.1) is 4.92 Å². The van der Waals surface area contributed by atoms with E-state index in [0.717, 1.165) is 0 Å². The van der Waals surface area contributed by atoms with E-state index in [1.807, 2.05) is 0 Å². The first-order valence-electron chi connectivity index (χ1n) is 5.49. The minimum absolute atomic E-state index is 0.0884. The highest BCUT2D eigenvalue weighted by atomic mass is 35.5. The minimum Gasteiger partial charge on any atom is -0.359 e. The lowest BCUT2D eigenvalue weighted by Crippen LogP contribution is -2.55. The van der Waals surface area contributed by atoms with Crippen molar-refractivity contribution in [2.75, 3.05) is 5.32 Å². The quantitative estimate of drug-likeness (QED) is 0.521. The van der Waals surface area contributed by atoms with E-state index in [9.17, 15) is 14.5 Å². The Hall–Kier alpha value is -1.43. The van der Waals surface area contributed by atoms with Crippen molar-refractivity contribution >= 4 is 23.1 Å². The van der Waals surface area contributed by atoms with E-state index in [-0.39, 0.29) is 29.5 Å². The van der Waals surface area contributed by atoms with E-state index in [2.05, 4.69) is 10.3 Å². The normalized spacial score (nSPS) is 30.7. The third kappa shape index (κ3) is 2.53. The van der Waals surface area contributed by atoms with Crippen LogP contribution in [0.3, 0.4) is 0 Å². The van der Waals surface area contributed by atoms with Gasteiger partial charge >= 0.3 is 5.69 Å². The van der Waals surface area contributed by atoms with E-state index in [0.29, 0.717) is 0 Å². The second-order valence-electron chi connectivity index (χ2n) is 5.21. The number of halogens is 2. The number of anilines is 1. The van der Waals surface area contributed by atoms with Crippen molar-refractivity contribution in [2.45, 2.75) is 37.9 Å². The van der Waals surface area contributed by atoms with Gasteiger partial charge in [-0.3, -0.25) is 10.1 Å². The number of hydrogen-bond donors (Lipinski definition) is 1. The molecule has 5 nitrogen and oxygen atoms in total. The predicted octanol–water partition coefficient (Wildman–Crippen LogP) is 3.34. The molecule has 1 aromatic heterocycles. The monoisotopic (exact) mass is 273 g/mol. The Morgan fingerprint density at radius 1 is 1.50 bits per heavy atom. The molecule has 1 aliphatic carbocycles. The van der Waals surface area contributed by atoms with Crippen LogP contribution in [0, 0.1) is 10.1 Å². The summed E-state index contributed by atoms with van der Waals surface area (Å²) >= 11 is 5.72. The Kier molecular flexibility index (Phi) is 2.93. The van der Waals surface area contributed by atoms with Gasteiger partial charge in [-0.2, -0.15) is 0 Å². The van der Waals surface area contributed by atoms with Gasteiger partial charge in [-0.1, -0.05) is 11.6 Å². The summed E-state index contributed by atoms with van der Waals surface area (Å²) in [6.07, 6.45) is 0.566. The molecule has 1 aliphatic rings. The molecule has 2 rings (SSSR count). The number of nitro groups is 1. The molecule has 1 aromatic rings. The van der Waals surface area contributed by atoms with Crippen LogP contribution in [0.4, 0.5) is 15.9 Å². The Bertz CT molecular complexity index is 499. The molecule has 0 radical (unpaired) electrons. The van der Waals surface area contributed by atoms with Crippen LogP contribution in [0.5, 0.6) is 0 Å². The van der Waals surface area contributed by atoms with Gasteiger partial charge in [0.2, 0.25) is 5.82 Å². The summed E-state index contributed by atoms with van der Waals surface area (Å²) in [6.45, 7) is 3.32. The Labute approximate surface area is 109 Å². The maximum absolute atomic E-state index is 13.5. The van der Waals surface area contributed by atoms with Gasteiger partial charge in [0.25, 0.3) is 0 Å². The zero-order valence-corrected chi connectivity index (χ0v) is 10.8. The Morgan fingerprint density at radius 3 is 2.61 bits per heavy atom. The summed E-state index contributed by atoms with van der Waals surface area (Å²) in [5.74, 6) is 0.0884. The van der Waals surface area contributed by atoms with Crippen LogP contribution >= 0.6 is 11.6 Å². The summed E-state index contributed by atoms with van der Waals surface area (Å²) < 4.78 is 13.5. The van der Waals surface area contributed by atoms with Gasteiger partial charge in [0, 0.05) is 24.4 Å². The number of nitrogens with zero attached hydrogens (tertiary/aromatic N) is 2. The molecule has 0 amide bonds. The lowest BCUT2D eigenvalue weighted by Gasteiger charge is -2.48. The molecule has 0 saturated heterocycles. The lowest BCUT2D eigenvalue weighted by molar-refractivity contribution is -0.384. The van der Waals surface area contributed by atoms with Crippen LogP contribution in [-0.4, -0.2) is 21.1 Å². The molecule has 0 unspecified atom stereocenters. The fraction of sp³-hybridized carbons (Fsp3) is 0.545. The average Bonchev–Trinajstić information content (AvgIpc) is 2.12. The molecule has 0 bridgehead atoms. The van der Waals surface area contributed by atoms with E-state index < -0.39 is 16.1 Å². The summed E-state index contributed by atoms with van der Waals surface area (Å²) in [5.41, 5.74) is -1.91. The van der Waals surface area contributed by atoms with Crippen LogP contribution in [0.1, 0.15) is 26.7 Å². The van der Waals surface area contributed by atoms with Crippen molar-refractivity contribution in [3.05, 3.63) is 27.4 Å².